The van der Waals surface area contributed by atoms with E-state index in [1.54, 1.807) is 0 Å². The lowest BCUT2D eigenvalue weighted by atomic mass is 10.1. The Kier molecular flexibility index (Phi) is 5.05. The summed E-state index contributed by atoms with van der Waals surface area (Å²) < 4.78 is 29.4. The minimum absolute atomic E-state index is 0.127. The van der Waals surface area contributed by atoms with E-state index in [0.29, 0.717) is 13.0 Å². The minimum atomic E-state index is -2.97. The Balaban J connectivity index is 2.12. The zero-order chi connectivity index (χ0) is 14.6. The van der Waals surface area contributed by atoms with Gasteiger partial charge in [-0.1, -0.05) is 19.1 Å². The molecule has 1 aliphatic heterocycles. The Bertz CT molecular complexity index is 525. The number of ether oxygens (including phenoxy) is 1. The first-order valence-corrected chi connectivity index (χ1v) is 9.01. The average Bonchev–Trinajstić information content (AvgIpc) is 2.56. The summed E-state index contributed by atoms with van der Waals surface area (Å²) in [5, 5.41) is 3.39. The standard InChI is InChI=1S/C15H23NO3S/c1-3-9-19-14-6-4-13(5-7-14)15-11-20(17,18)10-8-12(2)16-15/h4-7,12,15-16H,3,8-11H2,1-2H3. The highest BCUT2D eigenvalue weighted by Gasteiger charge is 2.26. The van der Waals surface area contributed by atoms with Gasteiger partial charge in [0.2, 0.25) is 0 Å². The van der Waals surface area contributed by atoms with Gasteiger partial charge in [-0.2, -0.15) is 0 Å². The van der Waals surface area contributed by atoms with Gasteiger partial charge in [-0.15, -0.1) is 0 Å². The Morgan fingerprint density at radius 2 is 2.00 bits per heavy atom. The largest absolute Gasteiger partial charge is 0.494 e. The van der Waals surface area contributed by atoms with Crippen LogP contribution in [0.5, 0.6) is 5.75 Å². The molecule has 0 amide bonds. The Labute approximate surface area is 121 Å². The SMILES string of the molecule is CCCOc1ccc(C2CS(=O)(=O)CCC(C)N2)cc1. The molecule has 4 nitrogen and oxygen atoms in total. The third-order valence-corrected chi connectivity index (χ3v) is 5.22. The van der Waals surface area contributed by atoms with Gasteiger partial charge < -0.3 is 10.1 Å². The number of benzene rings is 1. The van der Waals surface area contributed by atoms with Gasteiger partial charge in [0.25, 0.3) is 0 Å². The van der Waals surface area contributed by atoms with Gasteiger partial charge in [0.1, 0.15) is 5.75 Å². The van der Waals surface area contributed by atoms with Crippen LogP contribution in [-0.4, -0.2) is 32.6 Å². The van der Waals surface area contributed by atoms with Crippen molar-refractivity contribution in [1.82, 2.24) is 5.32 Å². The molecule has 1 fully saturated rings. The molecule has 2 unspecified atom stereocenters. The lowest BCUT2D eigenvalue weighted by Gasteiger charge is -2.19. The summed E-state index contributed by atoms with van der Waals surface area (Å²) in [6.07, 6.45) is 1.65. The van der Waals surface area contributed by atoms with E-state index in [0.717, 1.165) is 17.7 Å². The van der Waals surface area contributed by atoms with Crippen molar-refractivity contribution in [1.29, 1.82) is 0 Å². The molecular weight excluding hydrogens is 274 g/mol. The van der Waals surface area contributed by atoms with E-state index in [1.807, 2.05) is 31.2 Å². The maximum absolute atomic E-state index is 11.9. The predicted molar refractivity (Wildman–Crippen MR) is 80.8 cm³/mol. The summed E-state index contributed by atoms with van der Waals surface area (Å²) in [6.45, 7) is 4.80. The van der Waals surface area contributed by atoms with E-state index in [1.165, 1.54) is 0 Å². The fourth-order valence-electron chi connectivity index (χ4n) is 2.38. The van der Waals surface area contributed by atoms with E-state index in [2.05, 4.69) is 12.2 Å². The first kappa shape index (κ1) is 15.3. The van der Waals surface area contributed by atoms with Crippen LogP contribution in [0.3, 0.4) is 0 Å². The van der Waals surface area contributed by atoms with Crippen LogP contribution < -0.4 is 10.1 Å². The first-order chi connectivity index (χ1) is 9.50. The van der Waals surface area contributed by atoms with Gasteiger partial charge in [0, 0.05) is 12.1 Å². The normalized spacial score (nSPS) is 25.9. The lowest BCUT2D eigenvalue weighted by molar-refractivity contribution is 0.317. The monoisotopic (exact) mass is 297 g/mol. The summed E-state index contributed by atoms with van der Waals surface area (Å²) in [6, 6.07) is 7.82. The van der Waals surface area contributed by atoms with Crippen molar-refractivity contribution in [3.05, 3.63) is 29.8 Å². The first-order valence-electron chi connectivity index (χ1n) is 7.19. The molecule has 1 N–H and O–H groups in total. The van der Waals surface area contributed by atoms with E-state index < -0.39 is 9.84 Å². The Morgan fingerprint density at radius 1 is 1.30 bits per heavy atom. The van der Waals surface area contributed by atoms with Crippen LogP contribution in [0.1, 0.15) is 38.3 Å². The van der Waals surface area contributed by atoms with Crippen molar-refractivity contribution in [2.75, 3.05) is 18.1 Å². The summed E-state index contributed by atoms with van der Waals surface area (Å²) in [7, 11) is -2.97. The zero-order valence-electron chi connectivity index (χ0n) is 12.1. The van der Waals surface area contributed by atoms with Crippen molar-refractivity contribution >= 4 is 9.84 Å². The molecule has 0 aliphatic carbocycles. The topological polar surface area (TPSA) is 55.4 Å². The molecule has 2 rings (SSSR count). The van der Waals surface area contributed by atoms with Crippen LogP contribution in [-0.2, 0) is 9.84 Å². The van der Waals surface area contributed by atoms with Gasteiger partial charge >= 0.3 is 0 Å². The van der Waals surface area contributed by atoms with Gasteiger partial charge in [-0.3, -0.25) is 0 Å². The maximum atomic E-state index is 11.9. The third kappa shape index (κ3) is 4.21. The molecule has 1 heterocycles. The molecule has 0 spiro atoms. The number of nitrogens with one attached hydrogen (secondary N) is 1. The van der Waals surface area contributed by atoms with E-state index >= 15 is 0 Å². The highest BCUT2D eigenvalue weighted by atomic mass is 32.2. The van der Waals surface area contributed by atoms with E-state index in [4.69, 9.17) is 4.74 Å². The predicted octanol–water partition coefficient (Wildman–Crippen LogP) is 2.31. The molecule has 112 valence electrons. The maximum Gasteiger partial charge on any atom is 0.152 e. The number of hydrogen-bond donors (Lipinski definition) is 1. The molecule has 5 heteroatoms. The number of sulfone groups is 1. The smallest absolute Gasteiger partial charge is 0.152 e. The van der Waals surface area contributed by atoms with Crippen molar-refractivity contribution in [3.8, 4) is 5.75 Å². The van der Waals surface area contributed by atoms with E-state index in [-0.39, 0.29) is 23.6 Å². The van der Waals surface area contributed by atoms with Crippen molar-refractivity contribution < 1.29 is 13.2 Å². The van der Waals surface area contributed by atoms with Gasteiger partial charge in [0.15, 0.2) is 9.84 Å². The Morgan fingerprint density at radius 3 is 2.65 bits per heavy atom. The number of hydrogen-bond acceptors (Lipinski definition) is 4. The second kappa shape index (κ2) is 6.59. The van der Waals surface area contributed by atoms with Crippen molar-refractivity contribution in [2.45, 2.75) is 38.8 Å². The molecule has 0 aromatic heterocycles. The van der Waals surface area contributed by atoms with Crippen LogP contribution in [0.25, 0.3) is 0 Å². The number of rotatable bonds is 4. The van der Waals surface area contributed by atoms with Gasteiger partial charge in [-0.25, -0.2) is 8.42 Å². The summed E-state index contributed by atoms with van der Waals surface area (Å²) >= 11 is 0. The van der Waals surface area contributed by atoms with Crippen molar-refractivity contribution in [2.24, 2.45) is 0 Å². The van der Waals surface area contributed by atoms with E-state index in [9.17, 15) is 8.42 Å². The quantitative estimate of drug-likeness (QED) is 0.926. The summed E-state index contributed by atoms with van der Waals surface area (Å²) in [5.74, 6) is 1.28. The molecule has 20 heavy (non-hydrogen) atoms. The lowest BCUT2D eigenvalue weighted by Crippen LogP contribution is -2.30. The van der Waals surface area contributed by atoms with Gasteiger partial charge in [0.05, 0.1) is 18.1 Å². The second-order valence-corrected chi connectivity index (χ2v) is 7.67. The van der Waals surface area contributed by atoms with Crippen LogP contribution >= 0.6 is 0 Å². The van der Waals surface area contributed by atoms with Crippen LogP contribution in [0.4, 0.5) is 0 Å². The van der Waals surface area contributed by atoms with Crippen LogP contribution in [0, 0.1) is 0 Å². The molecule has 1 aromatic carbocycles. The summed E-state index contributed by atoms with van der Waals surface area (Å²) in [5.41, 5.74) is 1.01. The highest BCUT2D eigenvalue weighted by Crippen LogP contribution is 2.23. The fraction of sp³-hybridized carbons (Fsp3) is 0.600. The zero-order valence-corrected chi connectivity index (χ0v) is 12.9. The van der Waals surface area contributed by atoms with Crippen LogP contribution in [0.2, 0.25) is 0 Å². The molecule has 0 bridgehead atoms. The molecule has 1 saturated heterocycles. The van der Waals surface area contributed by atoms with Gasteiger partial charge in [-0.05, 0) is 37.5 Å². The molecule has 1 aliphatic rings. The third-order valence-electron chi connectivity index (χ3n) is 3.52. The molecule has 2 atom stereocenters. The fourth-order valence-corrected chi connectivity index (χ4v) is 4.05. The van der Waals surface area contributed by atoms with Crippen LogP contribution in [0.15, 0.2) is 24.3 Å². The van der Waals surface area contributed by atoms with Crippen molar-refractivity contribution in [3.63, 3.8) is 0 Å². The molecule has 0 radical (unpaired) electrons. The summed E-state index contributed by atoms with van der Waals surface area (Å²) in [4.78, 5) is 0. The minimum Gasteiger partial charge on any atom is -0.494 e. The molecular formula is C15H23NO3S. The molecule has 0 saturated carbocycles. The second-order valence-electron chi connectivity index (χ2n) is 5.44. The Hall–Kier alpha value is -1.07. The highest BCUT2D eigenvalue weighted by molar-refractivity contribution is 7.91. The average molecular weight is 297 g/mol. The molecule has 1 aromatic rings.